The highest BCUT2D eigenvalue weighted by molar-refractivity contribution is 6.22. The van der Waals surface area contributed by atoms with Crippen molar-refractivity contribution in [2.45, 2.75) is 92.9 Å². The van der Waals surface area contributed by atoms with Crippen LogP contribution in [0.5, 0.6) is 11.5 Å². The molecule has 0 amide bonds. The van der Waals surface area contributed by atoms with Gasteiger partial charge in [0.1, 0.15) is 41.9 Å². The van der Waals surface area contributed by atoms with Gasteiger partial charge in [-0.15, -0.1) is 0 Å². The van der Waals surface area contributed by atoms with Crippen LogP contribution in [0, 0.1) is 10.8 Å². The Hall–Kier alpha value is -4.32. The molecule has 6 heterocycles. The number of aliphatic hydroxyl groups is 1. The van der Waals surface area contributed by atoms with Crippen molar-refractivity contribution in [2.75, 3.05) is 31.1 Å². The molecule has 1 aliphatic carbocycles. The molecule has 0 saturated carbocycles. The molecular weight excluding hydrogens is 620 g/mol. The van der Waals surface area contributed by atoms with Crippen molar-refractivity contribution in [2.24, 2.45) is 10.8 Å². The SMILES string of the molecule is CC(C)(C)C1=CC(=CC2=C(O)C(=CC3=c4cc5c6c(c4OC(C(C)(C)C)=C3)CCC[N+]=6CCC5)C2=O)c2cc3c4c(c2O1)CCCN4CCC3. The van der Waals surface area contributed by atoms with Gasteiger partial charge in [0.15, 0.2) is 0 Å². The van der Waals surface area contributed by atoms with Crippen LogP contribution in [0.3, 0.4) is 0 Å². The zero-order valence-electron chi connectivity index (χ0n) is 30.5. The Balaban J connectivity index is 1.20. The van der Waals surface area contributed by atoms with Gasteiger partial charge in [-0.05, 0) is 91.7 Å². The number of ketones is 1. The summed E-state index contributed by atoms with van der Waals surface area (Å²) in [6.07, 6.45) is 16.6. The van der Waals surface area contributed by atoms with Crippen molar-refractivity contribution in [3.63, 3.8) is 0 Å². The van der Waals surface area contributed by atoms with E-state index in [0.29, 0.717) is 11.1 Å². The number of hydrogen-bond donors (Lipinski definition) is 1. The molecule has 6 nitrogen and oxygen atoms in total. The van der Waals surface area contributed by atoms with Crippen molar-refractivity contribution < 1.29 is 19.4 Å². The van der Waals surface area contributed by atoms with Crippen LogP contribution in [-0.4, -0.2) is 37.1 Å². The number of Topliss-reactive ketones (excluding diaryl/α,β-unsaturated/α-hetero) is 1. The first-order chi connectivity index (χ1) is 23.9. The minimum absolute atomic E-state index is 0.0588. The van der Waals surface area contributed by atoms with Gasteiger partial charge in [0, 0.05) is 64.4 Å². The second-order valence-electron chi connectivity index (χ2n) is 17.3. The number of aliphatic hydroxyl groups excluding tert-OH is 1. The van der Waals surface area contributed by atoms with Crippen LogP contribution in [0.1, 0.15) is 95.0 Å². The van der Waals surface area contributed by atoms with E-state index in [-0.39, 0.29) is 22.4 Å². The van der Waals surface area contributed by atoms with Crippen molar-refractivity contribution in [1.29, 1.82) is 0 Å². The largest absolute Gasteiger partial charge is 0.506 e. The van der Waals surface area contributed by atoms with Crippen LogP contribution in [-0.2, 0) is 30.5 Å². The number of rotatable bonds is 2. The highest BCUT2D eigenvalue weighted by Crippen LogP contribution is 2.50. The summed E-state index contributed by atoms with van der Waals surface area (Å²) in [7, 11) is 0. The Morgan fingerprint density at radius 1 is 0.780 bits per heavy atom. The molecule has 0 radical (unpaired) electrons. The molecule has 2 aromatic rings. The predicted octanol–water partition coefficient (Wildman–Crippen LogP) is 6.97. The molecule has 0 fully saturated rings. The van der Waals surface area contributed by atoms with Gasteiger partial charge in [0.25, 0.3) is 0 Å². The lowest BCUT2D eigenvalue weighted by atomic mass is 9.80. The number of allylic oxidation sites excluding steroid dienone is 9. The number of fused-ring (bicyclic) bond motifs is 4. The topological polar surface area (TPSA) is 62.0 Å². The maximum Gasteiger partial charge on any atom is 0.210 e. The summed E-state index contributed by atoms with van der Waals surface area (Å²) in [6.45, 7) is 17.4. The Labute approximate surface area is 295 Å². The van der Waals surface area contributed by atoms with Gasteiger partial charge in [0.2, 0.25) is 11.1 Å². The van der Waals surface area contributed by atoms with Gasteiger partial charge < -0.3 is 19.5 Å². The first kappa shape index (κ1) is 31.6. The number of ether oxygens (including phenoxy) is 2. The fraction of sp³-hybridized carbons (Fsp3) is 0.455. The molecule has 1 N–H and O–H groups in total. The normalized spacial score (nSPS) is 22.6. The number of carbonyl (C=O) groups excluding carboxylic acids is 1. The van der Waals surface area contributed by atoms with E-state index in [1.54, 1.807) is 0 Å². The van der Waals surface area contributed by atoms with E-state index < -0.39 is 0 Å². The summed E-state index contributed by atoms with van der Waals surface area (Å²) in [5, 5.41) is 14.0. The Kier molecular flexibility index (Phi) is 7.02. The van der Waals surface area contributed by atoms with Crippen molar-refractivity contribution in [3.05, 3.63) is 103 Å². The summed E-state index contributed by atoms with van der Waals surface area (Å²) in [6, 6.07) is 4.57. The molecule has 2 aromatic carbocycles. The van der Waals surface area contributed by atoms with Gasteiger partial charge in [-0.2, -0.15) is 0 Å². The van der Waals surface area contributed by atoms with Gasteiger partial charge in [-0.1, -0.05) is 41.5 Å². The standard InChI is InChI=1S/C44H48N2O4/c1-43(2,3)35-23-27(31-19-25-11-7-15-45-17-9-13-29(37(25)45)41(31)49-35)21-33-39(47)34(40(33)48)22-28-24-36(44(4,5)6)50-42-30-14-10-18-46-16-8-12-26(38(30)46)20-32(28)42/h19-24H,7-18H2,1-6H3/p+1. The lowest BCUT2D eigenvalue weighted by molar-refractivity contribution is -0.113. The molecule has 6 heteroatoms. The Morgan fingerprint density at radius 2 is 1.44 bits per heavy atom. The lowest BCUT2D eigenvalue weighted by Crippen LogP contribution is -2.45. The maximum absolute atomic E-state index is 14.1. The number of anilines is 1. The summed E-state index contributed by atoms with van der Waals surface area (Å²) < 4.78 is 16.0. The van der Waals surface area contributed by atoms with Crippen LogP contribution in [0.25, 0.3) is 11.1 Å². The fourth-order valence-electron chi connectivity index (χ4n) is 9.04. The van der Waals surface area contributed by atoms with E-state index in [0.717, 1.165) is 122 Å². The number of nitrogens with zero attached hydrogens (tertiary/aromatic N) is 2. The average molecular weight is 670 g/mol. The fourth-order valence-corrected chi connectivity index (χ4v) is 9.04. The molecule has 9 rings (SSSR count). The monoisotopic (exact) mass is 669 g/mol. The van der Waals surface area contributed by atoms with E-state index in [9.17, 15) is 9.90 Å². The number of hydrogen-bond acceptors (Lipinski definition) is 5. The molecule has 0 unspecified atom stereocenters. The van der Waals surface area contributed by atoms with E-state index in [4.69, 9.17) is 9.47 Å². The van der Waals surface area contributed by atoms with Gasteiger partial charge >= 0.3 is 0 Å². The van der Waals surface area contributed by atoms with E-state index in [1.165, 1.54) is 33.3 Å². The molecule has 50 heavy (non-hydrogen) atoms. The van der Waals surface area contributed by atoms with Crippen LogP contribution in [0.2, 0.25) is 0 Å². The molecule has 0 spiro atoms. The molecular formula is C44H49N2O4+. The van der Waals surface area contributed by atoms with E-state index in [1.807, 2.05) is 12.2 Å². The molecule has 258 valence electrons. The summed E-state index contributed by atoms with van der Waals surface area (Å²) in [5.41, 5.74) is 9.85. The molecule has 6 aliphatic heterocycles. The van der Waals surface area contributed by atoms with E-state index in [2.05, 4.69) is 75.3 Å². The second-order valence-corrected chi connectivity index (χ2v) is 17.3. The minimum atomic E-state index is -0.224. The molecule has 0 atom stereocenters. The predicted molar refractivity (Wildman–Crippen MR) is 199 cm³/mol. The zero-order valence-corrected chi connectivity index (χ0v) is 30.5. The third kappa shape index (κ3) is 4.88. The van der Waals surface area contributed by atoms with Crippen molar-refractivity contribution >= 4 is 22.6 Å². The summed E-state index contributed by atoms with van der Waals surface area (Å²) >= 11 is 0. The highest BCUT2D eigenvalue weighted by Gasteiger charge is 2.38. The second kappa shape index (κ2) is 11.1. The smallest absolute Gasteiger partial charge is 0.210 e. The zero-order chi connectivity index (χ0) is 34.7. The lowest BCUT2D eigenvalue weighted by Gasteiger charge is -2.40. The third-order valence-corrected chi connectivity index (χ3v) is 11.6. The summed E-state index contributed by atoms with van der Waals surface area (Å²) in [5.74, 6) is 3.54. The van der Waals surface area contributed by atoms with Gasteiger partial charge in [0.05, 0.1) is 16.7 Å². The summed E-state index contributed by atoms with van der Waals surface area (Å²) in [4.78, 5) is 16.6. The van der Waals surface area contributed by atoms with E-state index >= 15 is 0 Å². The van der Waals surface area contributed by atoms with Crippen LogP contribution in [0.4, 0.5) is 5.69 Å². The number of benzene rings is 2. The van der Waals surface area contributed by atoms with Crippen molar-refractivity contribution in [1.82, 2.24) is 4.58 Å². The third-order valence-electron chi connectivity index (χ3n) is 11.6. The quantitative estimate of drug-likeness (QED) is 0.277. The molecule has 0 aromatic heterocycles. The van der Waals surface area contributed by atoms with Gasteiger partial charge in [-0.25, -0.2) is 4.58 Å². The number of aryl methyl sites for hydroxylation is 2. The van der Waals surface area contributed by atoms with Gasteiger partial charge in [-0.3, -0.25) is 4.79 Å². The molecule has 7 aliphatic rings. The Morgan fingerprint density at radius 3 is 2.18 bits per heavy atom. The maximum atomic E-state index is 14.1. The number of carbonyl (C=O) groups is 1. The molecule has 0 saturated heterocycles. The minimum Gasteiger partial charge on any atom is -0.506 e. The average Bonchev–Trinajstić information content (AvgIpc) is 3.09. The van der Waals surface area contributed by atoms with Crippen LogP contribution in [0.15, 0.2) is 64.9 Å². The Bertz CT molecular complexity index is 2200. The van der Waals surface area contributed by atoms with Crippen LogP contribution >= 0.6 is 0 Å². The van der Waals surface area contributed by atoms with Crippen molar-refractivity contribution in [3.8, 4) is 11.5 Å². The first-order valence-electron chi connectivity index (χ1n) is 18.8. The molecule has 0 bridgehead atoms. The highest BCUT2D eigenvalue weighted by atomic mass is 16.5. The first-order valence-corrected chi connectivity index (χ1v) is 18.8. The van der Waals surface area contributed by atoms with Crippen LogP contribution < -0.4 is 29.5 Å².